The Balaban J connectivity index is 1.20. The number of hydrogen-bond donors (Lipinski definition) is 1. The number of alkyl halides is 2. The van der Waals surface area contributed by atoms with Crippen LogP contribution in [0.5, 0.6) is 5.75 Å². The highest BCUT2D eigenvalue weighted by Gasteiger charge is 2.38. The fourth-order valence-corrected chi connectivity index (χ4v) is 4.83. The van der Waals surface area contributed by atoms with Crippen molar-refractivity contribution in [2.24, 2.45) is 5.92 Å². The van der Waals surface area contributed by atoms with Crippen molar-refractivity contribution in [1.29, 1.82) is 0 Å². The first kappa shape index (κ1) is 19.5. The Morgan fingerprint density at radius 1 is 1.20 bits per heavy atom. The van der Waals surface area contributed by atoms with Gasteiger partial charge < -0.3 is 14.6 Å². The van der Waals surface area contributed by atoms with Crippen molar-refractivity contribution in [3.05, 3.63) is 36.3 Å². The minimum absolute atomic E-state index is 0.0849. The fraction of sp³-hybridized carbons (Fsp3) is 0.545. The van der Waals surface area contributed by atoms with Crippen LogP contribution in [0, 0.1) is 5.92 Å². The number of fused-ring (bicyclic) bond motifs is 3. The number of nitrogens with zero attached hydrogens (tertiary/aromatic N) is 3. The van der Waals surface area contributed by atoms with Gasteiger partial charge >= 0.3 is 0 Å². The second-order valence-corrected chi connectivity index (χ2v) is 8.56. The predicted octanol–water partition coefficient (Wildman–Crippen LogP) is 3.18. The standard InChI is InChI=1S/C22H26F2N4O2/c23-21(24)15-11-28(12-15)17-4-2-16(3-5-17)26-22(29)14-1-6-20-18(9-14)19-10-25-13-27(19)7-8-30-20/h1,6,9-10,13,15-17,21H,2-5,7-8,11-12H2,(H,26,29). The first-order chi connectivity index (χ1) is 14.6. The molecule has 2 aromatic rings. The summed E-state index contributed by atoms with van der Waals surface area (Å²) >= 11 is 0. The number of imidazole rings is 1. The van der Waals surface area contributed by atoms with Gasteiger partial charge in [0.1, 0.15) is 12.4 Å². The number of rotatable bonds is 4. The van der Waals surface area contributed by atoms with Gasteiger partial charge in [-0.15, -0.1) is 0 Å². The summed E-state index contributed by atoms with van der Waals surface area (Å²) in [6, 6.07) is 6.03. The van der Waals surface area contributed by atoms with Crippen LogP contribution in [0.2, 0.25) is 0 Å². The average molecular weight is 416 g/mol. The third-order valence-corrected chi connectivity index (χ3v) is 6.66. The van der Waals surface area contributed by atoms with Crippen LogP contribution in [0.1, 0.15) is 36.0 Å². The summed E-state index contributed by atoms with van der Waals surface area (Å²) in [6.07, 6.45) is 5.02. The van der Waals surface area contributed by atoms with E-state index in [2.05, 4.69) is 15.2 Å². The number of hydrogen-bond acceptors (Lipinski definition) is 4. The lowest BCUT2D eigenvalue weighted by molar-refractivity contribution is -0.0516. The number of carbonyl (C=O) groups excluding carboxylic acids is 1. The molecule has 0 bridgehead atoms. The van der Waals surface area contributed by atoms with Crippen molar-refractivity contribution < 1.29 is 18.3 Å². The maximum Gasteiger partial charge on any atom is 0.251 e. The smallest absolute Gasteiger partial charge is 0.251 e. The molecule has 3 heterocycles. The summed E-state index contributed by atoms with van der Waals surface area (Å²) in [4.78, 5) is 19.3. The number of carbonyl (C=O) groups is 1. The number of aromatic nitrogens is 2. The Hall–Kier alpha value is -2.48. The molecule has 5 rings (SSSR count). The molecule has 160 valence electrons. The van der Waals surface area contributed by atoms with Gasteiger partial charge in [-0.3, -0.25) is 9.69 Å². The van der Waals surface area contributed by atoms with Gasteiger partial charge in [-0.05, 0) is 43.9 Å². The molecule has 1 amide bonds. The molecule has 1 saturated carbocycles. The van der Waals surface area contributed by atoms with E-state index in [1.54, 1.807) is 18.6 Å². The summed E-state index contributed by atoms with van der Waals surface area (Å²) < 4.78 is 33.2. The quantitative estimate of drug-likeness (QED) is 0.832. The Bertz CT molecular complexity index is 918. The molecule has 0 spiro atoms. The molecular weight excluding hydrogens is 390 g/mol. The predicted molar refractivity (Wildman–Crippen MR) is 108 cm³/mol. The van der Waals surface area contributed by atoms with Crippen molar-refractivity contribution >= 4 is 5.91 Å². The number of benzene rings is 1. The maximum atomic E-state index is 12.9. The second kappa shape index (κ2) is 7.98. The molecule has 1 N–H and O–H groups in total. The van der Waals surface area contributed by atoms with E-state index in [1.165, 1.54) is 0 Å². The van der Waals surface area contributed by atoms with Gasteiger partial charge in [-0.1, -0.05) is 0 Å². The molecule has 2 fully saturated rings. The van der Waals surface area contributed by atoms with E-state index in [1.807, 2.05) is 16.7 Å². The number of nitrogens with one attached hydrogen (secondary N) is 1. The van der Waals surface area contributed by atoms with Gasteiger partial charge in [0, 0.05) is 42.2 Å². The summed E-state index contributed by atoms with van der Waals surface area (Å²) in [6.45, 7) is 2.31. The highest BCUT2D eigenvalue weighted by atomic mass is 19.3. The van der Waals surface area contributed by atoms with Crippen molar-refractivity contribution in [1.82, 2.24) is 19.8 Å². The molecule has 2 aliphatic heterocycles. The van der Waals surface area contributed by atoms with Gasteiger partial charge in [-0.2, -0.15) is 0 Å². The lowest BCUT2D eigenvalue weighted by atomic mass is 9.86. The minimum atomic E-state index is -2.21. The molecule has 0 atom stereocenters. The number of amides is 1. The Morgan fingerprint density at radius 2 is 2.00 bits per heavy atom. The van der Waals surface area contributed by atoms with Crippen LogP contribution < -0.4 is 10.1 Å². The molecule has 8 heteroatoms. The zero-order valence-corrected chi connectivity index (χ0v) is 16.8. The van der Waals surface area contributed by atoms with Crippen LogP contribution in [-0.4, -0.2) is 58.6 Å². The molecule has 3 aliphatic rings. The Morgan fingerprint density at radius 3 is 2.77 bits per heavy atom. The Kier molecular flexibility index (Phi) is 5.18. The normalized spacial score (nSPS) is 24.4. The SMILES string of the molecule is O=C(NC1CCC(N2CC(C(F)F)C2)CC1)c1ccc2c(c1)-c1cncn1CCO2. The van der Waals surface area contributed by atoms with E-state index in [-0.39, 0.29) is 11.9 Å². The van der Waals surface area contributed by atoms with Crippen molar-refractivity contribution in [2.75, 3.05) is 19.7 Å². The second-order valence-electron chi connectivity index (χ2n) is 8.56. The van der Waals surface area contributed by atoms with Crippen LogP contribution in [0.3, 0.4) is 0 Å². The molecule has 0 unspecified atom stereocenters. The molecule has 1 aromatic carbocycles. The van der Waals surface area contributed by atoms with Crippen LogP contribution in [0.25, 0.3) is 11.3 Å². The van der Waals surface area contributed by atoms with Crippen molar-refractivity contribution in [2.45, 2.75) is 50.7 Å². The summed E-state index contributed by atoms with van der Waals surface area (Å²) in [5, 5.41) is 3.16. The van der Waals surface area contributed by atoms with E-state index >= 15 is 0 Å². The maximum absolute atomic E-state index is 12.9. The highest BCUT2D eigenvalue weighted by Crippen LogP contribution is 2.34. The first-order valence-corrected chi connectivity index (χ1v) is 10.7. The molecule has 6 nitrogen and oxygen atoms in total. The van der Waals surface area contributed by atoms with E-state index in [0.717, 1.165) is 49.2 Å². The highest BCUT2D eigenvalue weighted by molar-refractivity contribution is 5.96. The summed E-state index contributed by atoms with van der Waals surface area (Å²) in [5.74, 6) is 0.220. The monoisotopic (exact) mass is 416 g/mol. The number of halogens is 2. The van der Waals surface area contributed by atoms with Crippen molar-refractivity contribution in [3.63, 3.8) is 0 Å². The number of likely N-dealkylation sites (tertiary alicyclic amines) is 1. The number of ether oxygens (including phenoxy) is 1. The Labute approximate surface area is 174 Å². The zero-order valence-electron chi connectivity index (χ0n) is 16.8. The van der Waals surface area contributed by atoms with E-state index in [9.17, 15) is 13.6 Å². The summed E-state index contributed by atoms with van der Waals surface area (Å²) in [5.41, 5.74) is 2.44. The first-order valence-electron chi connectivity index (χ1n) is 10.7. The van der Waals surface area contributed by atoms with Gasteiger partial charge in [0.15, 0.2) is 0 Å². The molecule has 1 aromatic heterocycles. The van der Waals surface area contributed by atoms with Gasteiger partial charge in [0.25, 0.3) is 5.91 Å². The lowest BCUT2D eigenvalue weighted by Crippen LogP contribution is -2.56. The molecule has 1 aliphatic carbocycles. The molecule has 30 heavy (non-hydrogen) atoms. The molecule has 1 saturated heterocycles. The zero-order chi connectivity index (χ0) is 20.7. The third-order valence-electron chi connectivity index (χ3n) is 6.66. The van der Waals surface area contributed by atoms with Gasteiger partial charge in [0.05, 0.1) is 24.8 Å². The van der Waals surface area contributed by atoms with Gasteiger partial charge in [0.2, 0.25) is 6.43 Å². The molecule has 0 radical (unpaired) electrons. The van der Waals surface area contributed by atoms with Crippen LogP contribution in [0.4, 0.5) is 8.78 Å². The minimum Gasteiger partial charge on any atom is -0.491 e. The van der Waals surface area contributed by atoms with Gasteiger partial charge in [-0.25, -0.2) is 13.8 Å². The summed E-state index contributed by atoms with van der Waals surface area (Å²) in [7, 11) is 0. The topological polar surface area (TPSA) is 59.4 Å². The van der Waals surface area contributed by atoms with Crippen LogP contribution in [-0.2, 0) is 6.54 Å². The third kappa shape index (κ3) is 3.69. The van der Waals surface area contributed by atoms with Crippen LogP contribution in [0.15, 0.2) is 30.7 Å². The van der Waals surface area contributed by atoms with E-state index in [0.29, 0.717) is 31.3 Å². The van der Waals surface area contributed by atoms with Crippen LogP contribution >= 0.6 is 0 Å². The largest absolute Gasteiger partial charge is 0.491 e. The fourth-order valence-electron chi connectivity index (χ4n) is 4.83. The van der Waals surface area contributed by atoms with E-state index in [4.69, 9.17) is 4.74 Å². The molecular formula is C22H26F2N4O2. The van der Waals surface area contributed by atoms with Crippen molar-refractivity contribution in [3.8, 4) is 17.0 Å². The lowest BCUT2D eigenvalue weighted by Gasteiger charge is -2.46. The van der Waals surface area contributed by atoms with E-state index < -0.39 is 12.3 Å². The average Bonchev–Trinajstić information content (AvgIpc) is 3.09.